The second-order valence-corrected chi connectivity index (χ2v) is 7.77. The van der Waals surface area contributed by atoms with Crippen LogP contribution in [0.25, 0.3) is 0 Å². The fourth-order valence-corrected chi connectivity index (χ4v) is 4.48. The molecule has 2 aromatic rings. The van der Waals surface area contributed by atoms with Gasteiger partial charge >= 0.3 is 0 Å². The summed E-state index contributed by atoms with van der Waals surface area (Å²) in [5, 5.41) is 0. The van der Waals surface area contributed by atoms with Crippen molar-refractivity contribution < 1.29 is 19.0 Å². The zero-order chi connectivity index (χ0) is 20.4. The molecule has 2 aliphatic rings. The van der Waals surface area contributed by atoms with Crippen molar-refractivity contribution in [3.8, 4) is 11.5 Å². The van der Waals surface area contributed by atoms with E-state index in [1.807, 2.05) is 11.1 Å². The zero-order valence-electron chi connectivity index (χ0n) is 17.4. The van der Waals surface area contributed by atoms with Gasteiger partial charge in [0.15, 0.2) is 0 Å². The van der Waals surface area contributed by atoms with Crippen molar-refractivity contribution >= 4 is 5.91 Å². The Labute approximate surface area is 171 Å². The lowest BCUT2D eigenvalue weighted by Gasteiger charge is -2.26. The SMILES string of the molecule is COc1ccc(C(=O)N2CCC(n3c(C)cnc3C3CCOCC3)C2)c(OC)c1. The first-order chi connectivity index (χ1) is 14.1. The number of rotatable bonds is 5. The third kappa shape index (κ3) is 3.83. The number of amides is 1. The van der Waals surface area contributed by atoms with E-state index in [9.17, 15) is 4.79 Å². The van der Waals surface area contributed by atoms with Gasteiger partial charge in [-0.1, -0.05) is 0 Å². The standard InChI is InChI=1S/C22H29N3O4/c1-15-13-23-21(16-7-10-29-11-8-16)25(15)17-6-9-24(14-17)22(26)19-5-4-18(27-2)12-20(19)28-3/h4-5,12-13,16-17H,6-11,14H2,1-3H3. The summed E-state index contributed by atoms with van der Waals surface area (Å²) < 4.78 is 18.5. The molecule has 4 rings (SSSR count). The second kappa shape index (κ2) is 8.45. The molecular formula is C22H29N3O4. The molecule has 0 bridgehead atoms. The molecule has 7 heteroatoms. The average Bonchev–Trinajstić information content (AvgIpc) is 3.40. The van der Waals surface area contributed by atoms with Crippen LogP contribution in [-0.4, -0.2) is 60.9 Å². The molecule has 1 atom stereocenters. The molecule has 0 aliphatic carbocycles. The molecule has 0 saturated carbocycles. The quantitative estimate of drug-likeness (QED) is 0.773. The highest BCUT2D eigenvalue weighted by Gasteiger charge is 2.33. The van der Waals surface area contributed by atoms with Crippen LogP contribution < -0.4 is 9.47 Å². The van der Waals surface area contributed by atoms with Crippen molar-refractivity contribution in [2.24, 2.45) is 0 Å². The molecule has 3 heterocycles. The van der Waals surface area contributed by atoms with Crippen molar-refractivity contribution in [2.45, 2.75) is 38.1 Å². The summed E-state index contributed by atoms with van der Waals surface area (Å²) in [7, 11) is 3.18. The first kappa shape index (κ1) is 19.8. The van der Waals surface area contributed by atoms with Gasteiger partial charge in [0, 0.05) is 50.2 Å². The monoisotopic (exact) mass is 399 g/mol. The van der Waals surface area contributed by atoms with Crippen molar-refractivity contribution in [2.75, 3.05) is 40.5 Å². The highest BCUT2D eigenvalue weighted by molar-refractivity contribution is 5.97. The van der Waals surface area contributed by atoms with Gasteiger partial charge < -0.3 is 23.7 Å². The Balaban J connectivity index is 1.53. The number of methoxy groups -OCH3 is 2. The fourth-order valence-electron chi connectivity index (χ4n) is 4.48. The van der Waals surface area contributed by atoms with Crippen LogP contribution in [0.1, 0.15) is 53.1 Å². The van der Waals surface area contributed by atoms with Crippen LogP contribution in [0.4, 0.5) is 0 Å². The summed E-state index contributed by atoms with van der Waals surface area (Å²) in [6, 6.07) is 5.59. The third-order valence-corrected chi connectivity index (χ3v) is 6.05. The Hall–Kier alpha value is -2.54. The lowest BCUT2D eigenvalue weighted by Crippen LogP contribution is -2.30. The Morgan fingerprint density at radius 3 is 2.69 bits per heavy atom. The van der Waals surface area contributed by atoms with Gasteiger partial charge in [-0.05, 0) is 38.3 Å². The summed E-state index contributed by atoms with van der Waals surface area (Å²) in [6.07, 6.45) is 4.91. The van der Waals surface area contributed by atoms with Gasteiger partial charge in [-0.2, -0.15) is 0 Å². The van der Waals surface area contributed by atoms with Crippen LogP contribution in [-0.2, 0) is 4.74 Å². The van der Waals surface area contributed by atoms with E-state index in [1.54, 1.807) is 32.4 Å². The summed E-state index contributed by atoms with van der Waals surface area (Å²) >= 11 is 0. The molecule has 1 aromatic heterocycles. The average molecular weight is 399 g/mol. The number of ether oxygens (including phenoxy) is 3. The van der Waals surface area contributed by atoms with E-state index in [0.717, 1.165) is 50.5 Å². The Kier molecular flexibility index (Phi) is 5.76. The predicted molar refractivity (Wildman–Crippen MR) is 109 cm³/mol. The van der Waals surface area contributed by atoms with E-state index in [1.165, 1.54) is 0 Å². The molecule has 1 aromatic carbocycles. The number of hydrogen-bond acceptors (Lipinski definition) is 5. The van der Waals surface area contributed by atoms with Gasteiger partial charge in [-0.15, -0.1) is 0 Å². The smallest absolute Gasteiger partial charge is 0.257 e. The van der Waals surface area contributed by atoms with Crippen molar-refractivity contribution in [1.29, 1.82) is 0 Å². The molecule has 0 N–H and O–H groups in total. The van der Waals surface area contributed by atoms with Gasteiger partial charge in [-0.3, -0.25) is 4.79 Å². The molecule has 29 heavy (non-hydrogen) atoms. The van der Waals surface area contributed by atoms with Crippen molar-refractivity contribution in [3.05, 3.63) is 41.5 Å². The van der Waals surface area contributed by atoms with E-state index in [0.29, 0.717) is 29.5 Å². The Bertz CT molecular complexity index is 873. The third-order valence-electron chi connectivity index (χ3n) is 6.05. The van der Waals surface area contributed by atoms with Gasteiger partial charge in [0.05, 0.1) is 25.8 Å². The maximum absolute atomic E-state index is 13.2. The van der Waals surface area contributed by atoms with Crippen LogP contribution in [0.3, 0.4) is 0 Å². The van der Waals surface area contributed by atoms with E-state index in [4.69, 9.17) is 19.2 Å². The summed E-state index contributed by atoms with van der Waals surface area (Å²) in [5.41, 5.74) is 1.73. The molecule has 0 radical (unpaired) electrons. The number of nitrogens with zero attached hydrogens (tertiary/aromatic N) is 3. The maximum atomic E-state index is 13.2. The van der Waals surface area contributed by atoms with Crippen molar-refractivity contribution in [3.63, 3.8) is 0 Å². The Morgan fingerprint density at radius 1 is 1.17 bits per heavy atom. The molecule has 1 amide bonds. The lowest BCUT2D eigenvalue weighted by molar-refractivity contribution is 0.0781. The molecular weight excluding hydrogens is 370 g/mol. The highest BCUT2D eigenvalue weighted by Crippen LogP contribution is 2.33. The van der Waals surface area contributed by atoms with Gasteiger partial charge in [0.2, 0.25) is 0 Å². The van der Waals surface area contributed by atoms with Crippen LogP contribution in [0.5, 0.6) is 11.5 Å². The first-order valence-electron chi connectivity index (χ1n) is 10.2. The second-order valence-electron chi connectivity index (χ2n) is 7.77. The minimum Gasteiger partial charge on any atom is -0.497 e. The van der Waals surface area contributed by atoms with Crippen molar-refractivity contribution in [1.82, 2.24) is 14.5 Å². The topological polar surface area (TPSA) is 65.8 Å². The number of carbonyl (C=O) groups is 1. The summed E-state index contributed by atoms with van der Waals surface area (Å²) in [5.74, 6) is 2.79. The predicted octanol–water partition coefficient (Wildman–Crippen LogP) is 3.19. The van der Waals surface area contributed by atoms with Gasteiger partial charge in [0.25, 0.3) is 5.91 Å². The largest absolute Gasteiger partial charge is 0.497 e. The number of imidazole rings is 1. The highest BCUT2D eigenvalue weighted by atomic mass is 16.5. The minimum atomic E-state index is -0.00242. The van der Waals surface area contributed by atoms with E-state index >= 15 is 0 Å². The number of carbonyl (C=O) groups excluding carboxylic acids is 1. The molecule has 1 unspecified atom stereocenters. The molecule has 2 fully saturated rings. The Morgan fingerprint density at radius 2 is 1.97 bits per heavy atom. The summed E-state index contributed by atoms with van der Waals surface area (Å²) in [4.78, 5) is 19.8. The molecule has 0 spiro atoms. The van der Waals surface area contributed by atoms with Crippen LogP contribution in [0.2, 0.25) is 0 Å². The minimum absolute atomic E-state index is 0.00242. The number of hydrogen-bond donors (Lipinski definition) is 0. The maximum Gasteiger partial charge on any atom is 0.257 e. The van der Waals surface area contributed by atoms with E-state index in [2.05, 4.69) is 11.5 Å². The normalized spacial score (nSPS) is 20.1. The zero-order valence-corrected chi connectivity index (χ0v) is 17.4. The van der Waals surface area contributed by atoms with Crippen LogP contribution in [0.15, 0.2) is 24.4 Å². The number of aryl methyl sites for hydroxylation is 1. The molecule has 7 nitrogen and oxygen atoms in total. The number of likely N-dealkylation sites (tertiary alicyclic amines) is 1. The fraction of sp³-hybridized carbons (Fsp3) is 0.545. The lowest BCUT2D eigenvalue weighted by atomic mass is 9.99. The number of aromatic nitrogens is 2. The van der Waals surface area contributed by atoms with E-state index in [-0.39, 0.29) is 11.9 Å². The van der Waals surface area contributed by atoms with Gasteiger partial charge in [-0.25, -0.2) is 4.98 Å². The summed E-state index contributed by atoms with van der Waals surface area (Å²) in [6.45, 7) is 5.10. The first-order valence-corrected chi connectivity index (χ1v) is 10.2. The molecule has 156 valence electrons. The van der Waals surface area contributed by atoms with Crippen LogP contribution >= 0.6 is 0 Å². The molecule has 2 saturated heterocycles. The molecule has 2 aliphatic heterocycles. The van der Waals surface area contributed by atoms with E-state index < -0.39 is 0 Å². The van der Waals surface area contributed by atoms with Crippen LogP contribution in [0, 0.1) is 6.92 Å². The van der Waals surface area contributed by atoms with Gasteiger partial charge in [0.1, 0.15) is 17.3 Å². The number of benzene rings is 1.